The molecule has 0 unspecified atom stereocenters. The highest BCUT2D eigenvalue weighted by molar-refractivity contribution is 5.93. The van der Waals surface area contributed by atoms with E-state index in [2.05, 4.69) is 4.74 Å². The van der Waals surface area contributed by atoms with Gasteiger partial charge in [-0.05, 0) is 6.92 Å². The first-order chi connectivity index (χ1) is 7.77. The summed E-state index contributed by atoms with van der Waals surface area (Å²) in [6, 6.07) is 0. The summed E-state index contributed by atoms with van der Waals surface area (Å²) < 4.78 is 42.4. The molecule has 1 rings (SSSR count). The summed E-state index contributed by atoms with van der Waals surface area (Å²) in [5.41, 5.74) is 0. The minimum Gasteiger partial charge on any atom is -0.511 e. The lowest BCUT2D eigenvalue weighted by Gasteiger charge is -2.29. The van der Waals surface area contributed by atoms with Gasteiger partial charge in [0.2, 0.25) is 0 Å². The fraction of sp³-hybridized carbons (Fsp3) is 0.600. The minimum atomic E-state index is -4.74. The number of hydrogen-bond acceptors (Lipinski definition) is 4. The fourth-order valence-electron chi connectivity index (χ4n) is 1.68. The Bertz CT molecular complexity index is 359. The summed E-state index contributed by atoms with van der Waals surface area (Å²) in [5.74, 6) is -6.98. The summed E-state index contributed by atoms with van der Waals surface area (Å²) in [4.78, 5) is 22.3. The number of alkyl halides is 3. The van der Waals surface area contributed by atoms with Gasteiger partial charge in [0, 0.05) is 12.5 Å². The van der Waals surface area contributed by atoms with E-state index in [-0.39, 0.29) is 6.61 Å². The van der Waals surface area contributed by atoms with Gasteiger partial charge in [0.15, 0.2) is 5.78 Å². The normalized spacial score (nSPS) is 25.4. The van der Waals surface area contributed by atoms with Gasteiger partial charge in [0.1, 0.15) is 11.7 Å². The number of esters is 1. The molecule has 0 amide bonds. The molecule has 7 heteroatoms. The second kappa shape index (κ2) is 4.77. The SMILES string of the molecule is CCOC(=O)[C@@H]1C(O)=CC(=O)C[C@H]1C(F)(F)F. The Labute approximate surface area is 95.1 Å². The molecule has 0 spiro atoms. The number of ketones is 1. The van der Waals surface area contributed by atoms with Gasteiger partial charge >= 0.3 is 12.1 Å². The predicted molar refractivity (Wildman–Crippen MR) is 50.0 cm³/mol. The first-order valence-electron chi connectivity index (χ1n) is 4.94. The number of carbonyl (C=O) groups excluding carboxylic acids is 2. The van der Waals surface area contributed by atoms with E-state index < -0.39 is 41.9 Å². The molecular weight excluding hydrogens is 241 g/mol. The topological polar surface area (TPSA) is 63.6 Å². The van der Waals surface area contributed by atoms with Crippen molar-refractivity contribution in [2.75, 3.05) is 6.61 Å². The summed E-state index contributed by atoms with van der Waals surface area (Å²) >= 11 is 0. The third-order valence-electron chi connectivity index (χ3n) is 2.41. The number of carbonyl (C=O) groups is 2. The van der Waals surface area contributed by atoms with E-state index in [1.54, 1.807) is 0 Å². The summed E-state index contributed by atoms with van der Waals surface area (Å²) in [6.45, 7) is 1.34. The predicted octanol–water partition coefficient (Wildman–Crippen LogP) is 1.76. The van der Waals surface area contributed by atoms with Crippen molar-refractivity contribution in [3.8, 4) is 0 Å². The zero-order valence-electron chi connectivity index (χ0n) is 8.95. The molecule has 0 saturated carbocycles. The molecule has 96 valence electrons. The first kappa shape index (κ1) is 13.5. The van der Waals surface area contributed by atoms with Crippen molar-refractivity contribution in [3.05, 3.63) is 11.8 Å². The summed E-state index contributed by atoms with van der Waals surface area (Å²) in [6.07, 6.45) is -4.95. The lowest BCUT2D eigenvalue weighted by atomic mass is 9.81. The second-order valence-corrected chi connectivity index (χ2v) is 3.62. The van der Waals surface area contributed by atoms with E-state index in [0.29, 0.717) is 6.08 Å². The van der Waals surface area contributed by atoms with Gasteiger partial charge in [-0.2, -0.15) is 13.2 Å². The van der Waals surface area contributed by atoms with Crippen LogP contribution in [0.1, 0.15) is 13.3 Å². The van der Waals surface area contributed by atoms with Crippen LogP contribution in [0.3, 0.4) is 0 Å². The van der Waals surface area contributed by atoms with Crippen molar-refractivity contribution >= 4 is 11.8 Å². The highest BCUT2D eigenvalue weighted by atomic mass is 19.4. The minimum absolute atomic E-state index is 0.0961. The van der Waals surface area contributed by atoms with Crippen molar-refractivity contribution < 1.29 is 32.6 Å². The zero-order valence-corrected chi connectivity index (χ0v) is 8.95. The van der Waals surface area contributed by atoms with Crippen molar-refractivity contribution in [2.45, 2.75) is 19.5 Å². The number of rotatable bonds is 2. The summed E-state index contributed by atoms with van der Waals surface area (Å²) in [5, 5.41) is 9.31. The highest BCUT2D eigenvalue weighted by Gasteiger charge is 2.52. The molecule has 4 nitrogen and oxygen atoms in total. The molecule has 17 heavy (non-hydrogen) atoms. The molecular formula is C10H11F3O4. The standard InChI is InChI=1S/C10H11F3O4/c1-2-17-9(16)8-6(10(11,12)13)3-5(14)4-7(8)15/h4,6,8,15H,2-3H2,1H3/t6-,8+/m1/s1. The quantitative estimate of drug-likeness (QED) is 0.760. The second-order valence-electron chi connectivity index (χ2n) is 3.62. The molecule has 0 heterocycles. The van der Waals surface area contributed by atoms with E-state index in [9.17, 15) is 27.9 Å². The molecule has 2 atom stereocenters. The molecule has 1 N–H and O–H groups in total. The number of allylic oxidation sites excluding steroid dienone is 1. The van der Waals surface area contributed by atoms with Crippen LogP contribution in [0.15, 0.2) is 11.8 Å². The maximum Gasteiger partial charge on any atom is 0.393 e. The van der Waals surface area contributed by atoms with Gasteiger partial charge in [-0.1, -0.05) is 0 Å². The molecule has 0 fully saturated rings. The van der Waals surface area contributed by atoms with Crippen LogP contribution in [0.25, 0.3) is 0 Å². The average Bonchev–Trinajstić information content (AvgIpc) is 2.15. The van der Waals surface area contributed by atoms with Crippen molar-refractivity contribution in [2.24, 2.45) is 11.8 Å². The van der Waals surface area contributed by atoms with E-state index in [0.717, 1.165) is 0 Å². The molecule has 1 aliphatic rings. The van der Waals surface area contributed by atoms with Crippen LogP contribution in [0, 0.1) is 11.8 Å². The number of hydrogen-bond donors (Lipinski definition) is 1. The Morgan fingerprint density at radius 3 is 2.65 bits per heavy atom. The zero-order chi connectivity index (χ0) is 13.2. The maximum absolute atomic E-state index is 12.6. The molecule has 0 aliphatic heterocycles. The third-order valence-corrected chi connectivity index (χ3v) is 2.41. The Balaban J connectivity index is 3.06. The smallest absolute Gasteiger partial charge is 0.393 e. The van der Waals surface area contributed by atoms with Crippen LogP contribution in [0.4, 0.5) is 13.2 Å². The third kappa shape index (κ3) is 2.98. The molecule has 0 radical (unpaired) electrons. The van der Waals surface area contributed by atoms with Crippen LogP contribution in [0.5, 0.6) is 0 Å². The molecule has 0 aromatic rings. The van der Waals surface area contributed by atoms with Gasteiger partial charge in [-0.25, -0.2) is 0 Å². The lowest BCUT2D eigenvalue weighted by molar-refractivity contribution is -0.200. The first-order valence-corrected chi connectivity index (χ1v) is 4.94. The summed E-state index contributed by atoms with van der Waals surface area (Å²) in [7, 11) is 0. The Morgan fingerprint density at radius 1 is 1.59 bits per heavy atom. The van der Waals surface area contributed by atoms with Crippen LogP contribution in [0.2, 0.25) is 0 Å². The van der Waals surface area contributed by atoms with Gasteiger partial charge < -0.3 is 9.84 Å². The molecule has 0 aromatic heterocycles. The van der Waals surface area contributed by atoms with Gasteiger partial charge in [-0.15, -0.1) is 0 Å². The van der Waals surface area contributed by atoms with E-state index in [1.807, 2.05) is 0 Å². The van der Waals surface area contributed by atoms with E-state index in [4.69, 9.17) is 0 Å². The number of aliphatic hydroxyl groups excluding tert-OH is 1. The Morgan fingerprint density at radius 2 is 2.18 bits per heavy atom. The van der Waals surface area contributed by atoms with Crippen molar-refractivity contribution in [1.29, 1.82) is 0 Å². The Kier molecular flexibility index (Phi) is 3.79. The van der Waals surface area contributed by atoms with Crippen molar-refractivity contribution in [3.63, 3.8) is 0 Å². The van der Waals surface area contributed by atoms with Crippen LogP contribution in [-0.4, -0.2) is 29.6 Å². The van der Waals surface area contributed by atoms with Crippen molar-refractivity contribution in [1.82, 2.24) is 0 Å². The van der Waals surface area contributed by atoms with Gasteiger partial charge in [-0.3, -0.25) is 9.59 Å². The Hall–Kier alpha value is -1.53. The van der Waals surface area contributed by atoms with E-state index in [1.165, 1.54) is 6.92 Å². The molecule has 0 bridgehead atoms. The number of aliphatic hydroxyl groups is 1. The monoisotopic (exact) mass is 252 g/mol. The van der Waals surface area contributed by atoms with Gasteiger partial charge in [0.05, 0.1) is 12.5 Å². The van der Waals surface area contributed by atoms with Crippen LogP contribution in [-0.2, 0) is 14.3 Å². The largest absolute Gasteiger partial charge is 0.511 e. The number of halogens is 3. The highest BCUT2D eigenvalue weighted by Crippen LogP contribution is 2.40. The molecule has 0 saturated heterocycles. The van der Waals surface area contributed by atoms with E-state index >= 15 is 0 Å². The van der Waals surface area contributed by atoms with Crippen LogP contribution < -0.4 is 0 Å². The van der Waals surface area contributed by atoms with Gasteiger partial charge in [0.25, 0.3) is 0 Å². The van der Waals surface area contributed by atoms with Crippen LogP contribution >= 0.6 is 0 Å². The molecule has 1 aliphatic carbocycles. The number of ether oxygens (including phenoxy) is 1. The fourth-order valence-corrected chi connectivity index (χ4v) is 1.68. The maximum atomic E-state index is 12.6. The average molecular weight is 252 g/mol. The molecule has 0 aromatic carbocycles. The lowest BCUT2D eigenvalue weighted by Crippen LogP contribution is -2.40.